The third-order valence-electron chi connectivity index (χ3n) is 3.21. The molecule has 0 aliphatic carbocycles. The summed E-state index contributed by atoms with van der Waals surface area (Å²) in [4.78, 5) is 9.00. The van der Waals surface area contributed by atoms with Crippen molar-refractivity contribution in [3.8, 4) is 11.4 Å². The Morgan fingerprint density at radius 3 is 2.16 bits per heavy atom. The van der Waals surface area contributed by atoms with Crippen molar-refractivity contribution in [2.24, 2.45) is 0 Å². The molecular formula is C15H16BrClN2. The van der Waals surface area contributed by atoms with Crippen LogP contribution in [-0.4, -0.2) is 9.97 Å². The van der Waals surface area contributed by atoms with Crippen LogP contribution < -0.4 is 0 Å². The Labute approximate surface area is 127 Å². The van der Waals surface area contributed by atoms with Crippen molar-refractivity contribution < 1.29 is 0 Å². The summed E-state index contributed by atoms with van der Waals surface area (Å²) in [6.07, 6.45) is 0.851. The van der Waals surface area contributed by atoms with Crippen LogP contribution in [-0.2, 0) is 6.42 Å². The van der Waals surface area contributed by atoms with Crippen LogP contribution in [0.25, 0.3) is 11.4 Å². The molecule has 1 aromatic heterocycles. The van der Waals surface area contributed by atoms with Gasteiger partial charge in [0, 0.05) is 21.3 Å². The predicted molar refractivity (Wildman–Crippen MR) is 83.8 cm³/mol. The number of aryl methyl sites for hydroxylation is 3. The van der Waals surface area contributed by atoms with Crippen LogP contribution in [0.2, 0.25) is 5.15 Å². The first-order valence-corrected chi connectivity index (χ1v) is 7.41. The molecule has 0 fully saturated rings. The molecule has 2 rings (SSSR count). The van der Waals surface area contributed by atoms with Crippen molar-refractivity contribution in [3.63, 3.8) is 0 Å². The van der Waals surface area contributed by atoms with Gasteiger partial charge in [-0.05, 0) is 50.5 Å². The van der Waals surface area contributed by atoms with Crippen LogP contribution in [0.5, 0.6) is 0 Å². The van der Waals surface area contributed by atoms with E-state index < -0.39 is 0 Å². The molecule has 4 heteroatoms. The number of hydrogen-bond acceptors (Lipinski definition) is 2. The van der Waals surface area contributed by atoms with Crippen molar-refractivity contribution in [2.75, 3.05) is 0 Å². The first-order chi connectivity index (χ1) is 8.93. The van der Waals surface area contributed by atoms with E-state index in [9.17, 15) is 0 Å². The van der Waals surface area contributed by atoms with E-state index >= 15 is 0 Å². The minimum Gasteiger partial charge on any atom is -0.233 e. The Kier molecular flexibility index (Phi) is 4.26. The molecule has 2 aromatic rings. The second kappa shape index (κ2) is 5.59. The van der Waals surface area contributed by atoms with Gasteiger partial charge < -0.3 is 0 Å². The second-order valence-electron chi connectivity index (χ2n) is 4.68. The lowest BCUT2D eigenvalue weighted by atomic mass is 10.1. The highest BCUT2D eigenvalue weighted by Gasteiger charge is 2.11. The minimum atomic E-state index is 0.559. The summed E-state index contributed by atoms with van der Waals surface area (Å²) in [7, 11) is 0. The second-order valence-corrected chi connectivity index (χ2v) is 5.83. The van der Waals surface area contributed by atoms with Crippen molar-refractivity contribution >= 4 is 27.5 Å². The molecular weight excluding hydrogens is 324 g/mol. The number of rotatable bonds is 2. The molecule has 100 valence electrons. The smallest absolute Gasteiger partial charge is 0.161 e. The highest BCUT2D eigenvalue weighted by atomic mass is 79.9. The van der Waals surface area contributed by atoms with E-state index in [2.05, 4.69) is 58.8 Å². The Morgan fingerprint density at radius 1 is 1.11 bits per heavy atom. The van der Waals surface area contributed by atoms with Gasteiger partial charge in [0.05, 0.1) is 0 Å². The summed E-state index contributed by atoms with van der Waals surface area (Å²) in [6, 6.07) is 4.15. The molecule has 19 heavy (non-hydrogen) atoms. The number of benzene rings is 1. The van der Waals surface area contributed by atoms with Gasteiger partial charge in [0.15, 0.2) is 5.82 Å². The Hall–Kier alpha value is -0.930. The number of aromatic nitrogens is 2. The minimum absolute atomic E-state index is 0.559. The average Bonchev–Trinajstić information content (AvgIpc) is 2.35. The van der Waals surface area contributed by atoms with E-state index in [0.717, 1.165) is 27.7 Å². The molecule has 0 aliphatic heterocycles. The SMILES string of the molecule is CCc1c(C)nc(-c2cc(C)c(Br)c(C)c2)nc1Cl. The van der Waals surface area contributed by atoms with E-state index in [1.807, 2.05) is 6.92 Å². The lowest BCUT2D eigenvalue weighted by Crippen LogP contribution is -2.00. The Balaban J connectivity index is 2.60. The molecule has 0 radical (unpaired) electrons. The van der Waals surface area contributed by atoms with Gasteiger partial charge in [0.25, 0.3) is 0 Å². The average molecular weight is 340 g/mol. The van der Waals surface area contributed by atoms with Gasteiger partial charge in [-0.25, -0.2) is 9.97 Å². The lowest BCUT2D eigenvalue weighted by Gasteiger charge is -2.10. The van der Waals surface area contributed by atoms with Crippen LogP contribution in [0.1, 0.15) is 29.3 Å². The first kappa shape index (κ1) is 14.5. The Morgan fingerprint density at radius 2 is 1.68 bits per heavy atom. The van der Waals surface area contributed by atoms with E-state index in [1.165, 1.54) is 11.1 Å². The van der Waals surface area contributed by atoms with Gasteiger partial charge in [-0.3, -0.25) is 0 Å². The monoisotopic (exact) mass is 338 g/mol. The summed E-state index contributed by atoms with van der Waals surface area (Å²) in [5, 5.41) is 0.559. The number of nitrogens with zero attached hydrogens (tertiary/aromatic N) is 2. The molecule has 0 unspecified atom stereocenters. The molecule has 1 heterocycles. The van der Waals surface area contributed by atoms with E-state index in [1.54, 1.807) is 0 Å². The van der Waals surface area contributed by atoms with E-state index in [-0.39, 0.29) is 0 Å². The molecule has 0 bridgehead atoms. The molecule has 0 aliphatic rings. The van der Waals surface area contributed by atoms with Gasteiger partial charge in [0.1, 0.15) is 5.15 Å². The molecule has 0 saturated heterocycles. The van der Waals surface area contributed by atoms with Crippen molar-refractivity contribution in [2.45, 2.75) is 34.1 Å². The molecule has 0 spiro atoms. The van der Waals surface area contributed by atoms with Crippen LogP contribution in [0, 0.1) is 20.8 Å². The van der Waals surface area contributed by atoms with E-state index in [0.29, 0.717) is 11.0 Å². The van der Waals surface area contributed by atoms with Crippen molar-refractivity contribution in [1.29, 1.82) is 0 Å². The zero-order chi connectivity index (χ0) is 14.2. The fourth-order valence-electron chi connectivity index (χ4n) is 2.17. The topological polar surface area (TPSA) is 25.8 Å². The predicted octanol–water partition coefficient (Wildman–Crippen LogP) is 5.05. The van der Waals surface area contributed by atoms with Gasteiger partial charge in [0.2, 0.25) is 0 Å². The van der Waals surface area contributed by atoms with Gasteiger partial charge in [-0.1, -0.05) is 34.5 Å². The highest BCUT2D eigenvalue weighted by Crippen LogP contribution is 2.28. The summed E-state index contributed by atoms with van der Waals surface area (Å²) in [6.45, 7) is 8.17. The first-order valence-electron chi connectivity index (χ1n) is 6.24. The van der Waals surface area contributed by atoms with Crippen LogP contribution in [0.4, 0.5) is 0 Å². The standard InChI is InChI=1S/C15H16BrClN2/c1-5-12-10(4)18-15(19-14(12)17)11-6-8(2)13(16)9(3)7-11/h6-7H,5H2,1-4H3. The number of hydrogen-bond donors (Lipinski definition) is 0. The number of halogens is 2. The third kappa shape index (κ3) is 2.82. The van der Waals surface area contributed by atoms with E-state index in [4.69, 9.17) is 11.6 Å². The largest absolute Gasteiger partial charge is 0.233 e. The molecule has 0 N–H and O–H groups in total. The van der Waals surface area contributed by atoms with Gasteiger partial charge >= 0.3 is 0 Å². The fourth-order valence-corrected chi connectivity index (χ4v) is 2.75. The zero-order valence-electron chi connectivity index (χ0n) is 11.5. The molecule has 2 nitrogen and oxygen atoms in total. The van der Waals surface area contributed by atoms with Crippen LogP contribution >= 0.6 is 27.5 Å². The van der Waals surface area contributed by atoms with Crippen molar-refractivity contribution in [3.05, 3.63) is 44.1 Å². The zero-order valence-corrected chi connectivity index (χ0v) is 13.9. The maximum Gasteiger partial charge on any atom is 0.161 e. The molecule has 1 aromatic carbocycles. The summed E-state index contributed by atoms with van der Waals surface area (Å²) in [5.41, 5.74) is 5.33. The highest BCUT2D eigenvalue weighted by molar-refractivity contribution is 9.10. The fraction of sp³-hybridized carbons (Fsp3) is 0.333. The van der Waals surface area contributed by atoms with Crippen LogP contribution in [0.3, 0.4) is 0 Å². The lowest BCUT2D eigenvalue weighted by molar-refractivity contribution is 1.00. The van der Waals surface area contributed by atoms with Gasteiger partial charge in [-0.15, -0.1) is 0 Å². The summed E-state index contributed by atoms with van der Waals surface area (Å²) < 4.78 is 1.13. The summed E-state index contributed by atoms with van der Waals surface area (Å²) >= 11 is 9.81. The molecule has 0 saturated carbocycles. The Bertz CT molecular complexity index is 592. The molecule has 0 atom stereocenters. The molecule has 0 amide bonds. The van der Waals surface area contributed by atoms with Gasteiger partial charge in [-0.2, -0.15) is 0 Å². The summed E-state index contributed by atoms with van der Waals surface area (Å²) in [5.74, 6) is 0.693. The quantitative estimate of drug-likeness (QED) is 0.716. The third-order valence-corrected chi connectivity index (χ3v) is 4.78. The maximum absolute atomic E-state index is 6.24. The normalized spacial score (nSPS) is 10.8. The van der Waals surface area contributed by atoms with Crippen LogP contribution in [0.15, 0.2) is 16.6 Å². The maximum atomic E-state index is 6.24. The van der Waals surface area contributed by atoms with Crippen molar-refractivity contribution in [1.82, 2.24) is 9.97 Å².